The Hall–Kier alpha value is -1.78. The minimum absolute atomic E-state index is 0.443. The molecule has 0 fully saturated rings. The van der Waals surface area contributed by atoms with E-state index >= 15 is 0 Å². The smallest absolute Gasteiger partial charge is 0.328 e. The number of halogens is 1. The molecule has 0 atom stereocenters. The van der Waals surface area contributed by atoms with Gasteiger partial charge in [-0.25, -0.2) is 14.8 Å². The van der Waals surface area contributed by atoms with Crippen LogP contribution in [0.3, 0.4) is 0 Å². The van der Waals surface area contributed by atoms with E-state index in [2.05, 4.69) is 9.97 Å². The lowest BCUT2D eigenvalue weighted by molar-refractivity contribution is -0.131. The van der Waals surface area contributed by atoms with Crippen LogP contribution >= 0.6 is 0 Å². The Balaban J connectivity index is 2.77. The lowest BCUT2D eigenvalue weighted by Crippen LogP contribution is -1.89. The van der Waals surface area contributed by atoms with Crippen LogP contribution in [-0.4, -0.2) is 21.0 Å². The van der Waals surface area contributed by atoms with Gasteiger partial charge in [0.15, 0.2) is 0 Å². The first kappa shape index (κ1) is 8.32. The van der Waals surface area contributed by atoms with Crippen LogP contribution in [0.15, 0.2) is 18.5 Å². The van der Waals surface area contributed by atoms with Crippen molar-refractivity contribution in [3.8, 4) is 0 Å². The molecule has 5 heteroatoms. The summed E-state index contributed by atoms with van der Waals surface area (Å²) in [6.07, 6.45) is 3.77. The van der Waals surface area contributed by atoms with Crippen molar-refractivity contribution >= 4 is 12.0 Å². The fourth-order valence-corrected chi connectivity index (χ4v) is 0.576. The Labute approximate surface area is 67.4 Å². The van der Waals surface area contributed by atoms with Crippen molar-refractivity contribution in [1.29, 1.82) is 0 Å². The molecule has 0 amide bonds. The van der Waals surface area contributed by atoms with Gasteiger partial charge in [-0.2, -0.15) is 4.39 Å². The van der Waals surface area contributed by atoms with E-state index in [9.17, 15) is 9.18 Å². The van der Waals surface area contributed by atoms with Gasteiger partial charge in [0.05, 0.1) is 0 Å². The predicted octanol–water partition coefficient (Wildman–Crippen LogP) is 0.714. The zero-order valence-electron chi connectivity index (χ0n) is 5.94. The lowest BCUT2D eigenvalue weighted by Gasteiger charge is -1.88. The second-order valence-corrected chi connectivity index (χ2v) is 1.96. The van der Waals surface area contributed by atoms with Gasteiger partial charge >= 0.3 is 12.0 Å². The average Bonchev–Trinajstić information content (AvgIpc) is 2.03. The molecule has 4 nitrogen and oxygen atoms in total. The topological polar surface area (TPSA) is 63.1 Å². The van der Waals surface area contributed by atoms with Gasteiger partial charge in [-0.1, -0.05) is 0 Å². The first-order valence-electron chi connectivity index (χ1n) is 3.07. The number of nitrogens with zero attached hydrogens (tertiary/aromatic N) is 2. The van der Waals surface area contributed by atoms with Gasteiger partial charge in [0.1, 0.15) is 0 Å². The molecule has 12 heavy (non-hydrogen) atoms. The summed E-state index contributed by atoms with van der Waals surface area (Å²) in [5.74, 6) is -1.07. The van der Waals surface area contributed by atoms with Crippen LogP contribution < -0.4 is 0 Å². The Morgan fingerprint density at radius 3 is 2.58 bits per heavy atom. The molecule has 1 aromatic rings. The Bertz CT molecular complexity index is 308. The molecule has 0 bridgehead atoms. The first-order chi connectivity index (χ1) is 5.68. The minimum Gasteiger partial charge on any atom is -0.478 e. The number of hydrogen-bond donors (Lipinski definition) is 1. The number of carboxylic acids is 1. The van der Waals surface area contributed by atoms with Crippen molar-refractivity contribution < 1.29 is 14.3 Å². The monoisotopic (exact) mass is 168 g/mol. The Morgan fingerprint density at radius 1 is 1.50 bits per heavy atom. The molecule has 62 valence electrons. The number of rotatable bonds is 2. The van der Waals surface area contributed by atoms with Crippen molar-refractivity contribution in [3.63, 3.8) is 0 Å². The fourth-order valence-electron chi connectivity index (χ4n) is 0.576. The van der Waals surface area contributed by atoms with Crippen LogP contribution in [0.5, 0.6) is 0 Å². The maximum atomic E-state index is 12.1. The van der Waals surface area contributed by atoms with E-state index in [0.29, 0.717) is 5.56 Å². The minimum atomic E-state index is -1.07. The quantitative estimate of drug-likeness (QED) is 0.521. The number of carboxylic acid groups (broad SMARTS) is 1. The first-order valence-corrected chi connectivity index (χ1v) is 3.07. The van der Waals surface area contributed by atoms with E-state index in [0.717, 1.165) is 6.08 Å². The van der Waals surface area contributed by atoms with Crippen molar-refractivity contribution in [2.75, 3.05) is 0 Å². The van der Waals surface area contributed by atoms with Gasteiger partial charge in [0, 0.05) is 24.0 Å². The maximum Gasteiger partial charge on any atom is 0.328 e. The highest BCUT2D eigenvalue weighted by molar-refractivity contribution is 5.85. The molecule has 1 rings (SSSR count). The SMILES string of the molecule is O=C(O)C=Cc1cnc(F)nc1. The van der Waals surface area contributed by atoms with Crippen LogP contribution in [-0.2, 0) is 4.79 Å². The van der Waals surface area contributed by atoms with Gasteiger partial charge in [-0.3, -0.25) is 0 Å². The molecule has 0 saturated heterocycles. The second-order valence-electron chi connectivity index (χ2n) is 1.96. The summed E-state index contributed by atoms with van der Waals surface area (Å²) in [6.45, 7) is 0. The van der Waals surface area contributed by atoms with Gasteiger partial charge in [-0.05, 0) is 6.08 Å². The standard InChI is InChI=1S/C7H5FN2O2/c8-7-9-3-5(4-10-7)1-2-6(11)12/h1-4H,(H,11,12). The lowest BCUT2D eigenvalue weighted by atomic mass is 10.3. The summed E-state index contributed by atoms with van der Waals surface area (Å²) < 4.78 is 12.1. The predicted molar refractivity (Wildman–Crippen MR) is 38.7 cm³/mol. The average molecular weight is 168 g/mol. The van der Waals surface area contributed by atoms with E-state index in [1.54, 1.807) is 0 Å². The molecular formula is C7H5FN2O2. The summed E-state index contributed by atoms with van der Waals surface area (Å²) in [5.41, 5.74) is 0.443. The molecule has 0 saturated carbocycles. The van der Waals surface area contributed by atoms with Crippen LogP contribution in [0.1, 0.15) is 5.56 Å². The molecule has 0 spiro atoms. The molecule has 0 aliphatic rings. The van der Waals surface area contributed by atoms with Crippen molar-refractivity contribution in [2.45, 2.75) is 0 Å². The molecular weight excluding hydrogens is 163 g/mol. The van der Waals surface area contributed by atoms with E-state index < -0.39 is 12.0 Å². The molecule has 0 aliphatic carbocycles. The summed E-state index contributed by atoms with van der Waals surface area (Å²) in [6, 6.07) is 0. The molecule has 0 aliphatic heterocycles. The van der Waals surface area contributed by atoms with Crippen LogP contribution in [0.4, 0.5) is 4.39 Å². The largest absolute Gasteiger partial charge is 0.478 e. The van der Waals surface area contributed by atoms with E-state index in [1.807, 2.05) is 0 Å². The summed E-state index contributed by atoms with van der Waals surface area (Å²) >= 11 is 0. The molecule has 0 aromatic carbocycles. The highest BCUT2D eigenvalue weighted by atomic mass is 19.1. The zero-order valence-corrected chi connectivity index (χ0v) is 5.94. The Kier molecular flexibility index (Phi) is 2.47. The van der Waals surface area contributed by atoms with Crippen molar-refractivity contribution in [1.82, 2.24) is 9.97 Å². The third-order valence-electron chi connectivity index (χ3n) is 1.06. The van der Waals surface area contributed by atoms with Gasteiger partial charge in [-0.15, -0.1) is 0 Å². The summed E-state index contributed by atoms with van der Waals surface area (Å²) in [5, 5.41) is 8.23. The van der Waals surface area contributed by atoms with E-state index in [-0.39, 0.29) is 0 Å². The second kappa shape index (κ2) is 3.56. The third kappa shape index (κ3) is 2.45. The number of hydrogen-bond acceptors (Lipinski definition) is 3. The molecule has 0 radical (unpaired) electrons. The summed E-state index contributed by atoms with van der Waals surface area (Å²) in [4.78, 5) is 16.5. The number of aliphatic carboxylic acids is 1. The Morgan fingerprint density at radius 2 is 2.08 bits per heavy atom. The fraction of sp³-hybridized carbons (Fsp3) is 0. The zero-order chi connectivity index (χ0) is 8.97. The normalized spacial score (nSPS) is 10.4. The van der Waals surface area contributed by atoms with E-state index in [4.69, 9.17) is 5.11 Å². The number of aromatic nitrogens is 2. The van der Waals surface area contributed by atoms with Crippen LogP contribution in [0.25, 0.3) is 6.08 Å². The van der Waals surface area contributed by atoms with Crippen molar-refractivity contribution in [3.05, 3.63) is 30.1 Å². The molecule has 1 N–H and O–H groups in total. The summed E-state index contributed by atoms with van der Waals surface area (Å²) in [7, 11) is 0. The molecule has 1 heterocycles. The number of carbonyl (C=O) groups is 1. The van der Waals surface area contributed by atoms with Gasteiger partial charge in [0.2, 0.25) is 0 Å². The molecule has 0 unspecified atom stereocenters. The van der Waals surface area contributed by atoms with Gasteiger partial charge in [0.25, 0.3) is 0 Å². The molecule has 1 aromatic heterocycles. The third-order valence-corrected chi connectivity index (χ3v) is 1.06. The van der Waals surface area contributed by atoms with Crippen molar-refractivity contribution in [2.24, 2.45) is 0 Å². The van der Waals surface area contributed by atoms with Crippen LogP contribution in [0.2, 0.25) is 0 Å². The van der Waals surface area contributed by atoms with E-state index in [1.165, 1.54) is 18.5 Å². The highest BCUT2D eigenvalue weighted by Crippen LogP contribution is 1.97. The van der Waals surface area contributed by atoms with Crippen LogP contribution in [0, 0.1) is 6.08 Å². The highest BCUT2D eigenvalue weighted by Gasteiger charge is 1.92. The maximum absolute atomic E-state index is 12.1. The van der Waals surface area contributed by atoms with Gasteiger partial charge < -0.3 is 5.11 Å².